The van der Waals surface area contributed by atoms with E-state index >= 15 is 0 Å². The van der Waals surface area contributed by atoms with Gasteiger partial charge in [-0.3, -0.25) is 14.4 Å². The third-order valence-corrected chi connectivity index (χ3v) is 5.61. The summed E-state index contributed by atoms with van der Waals surface area (Å²) in [6.45, 7) is 0. The molecule has 4 rings (SSSR count). The lowest BCUT2D eigenvalue weighted by molar-refractivity contribution is -0.137. The molecule has 176 valence electrons. The van der Waals surface area contributed by atoms with Crippen molar-refractivity contribution in [2.75, 3.05) is 5.32 Å². The first kappa shape index (κ1) is 23.4. The summed E-state index contributed by atoms with van der Waals surface area (Å²) >= 11 is 6.17. The summed E-state index contributed by atoms with van der Waals surface area (Å²) in [6.07, 6.45) is -4.91. The molecule has 34 heavy (non-hydrogen) atoms. The van der Waals surface area contributed by atoms with Crippen LogP contribution in [0.5, 0.6) is 0 Å². The van der Waals surface area contributed by atoms with Gasteiger partial charge in [0.25, 0.3) is 17.4 Å². The van der Waals surface area contributed by atoms with Crippen LogP contribution in [-0.2, 0) is 13.2 Å². The number of halogens is 6. The fourth-order valence-corrected chi connectivity index (χ4v) is 3.93. The summed E-state index contributed by atoms with van der Waals surface area (Å²) in [5.74, 6) is -3.85. The summed E-state index contributed by atoms with van der Waals surface area (Å²) in [6, 6.07) is 4.53. The third kappa shape index (κ3) is 4.14. The van der Waals surface area contributed by atoms with Crippen LogP contribution in [0.25, 0.3) is 0 Å². The first-order valence-corrected chi connectivity index (χ1v) is 9.93. The topological polar surface area (TPSA) is 80.2 Å². The molecule has 1 aliphatic heterocycles. The number of aromatic nitrogens is 1. The molecule has 0 fully saturated rings. The van der Waals surface area contributed by atoms with Crippen LogP contribution in [0, 0.1) is 11.6 Å². The van der Waals surface area contributed by atoms with Crippen LogP contribution in [0.2, 0.25) is 5.02 Å². The second-order valence-electron chi connectivity index (χ2n) is 7.47. The summed E-state index contributed by atoms with van der Waals surface area (Å²) in [7, 11) is 1.30. The van der Waals surface area contributed by atoms with Crippen LogP contribution in [0.15, 0.2) is 47.3 Å². The highest BCUT2D eigenvalue weighted by Crippen LogP contribution is 2.38. The van der Waals surface area contributed by atoms with Crippen molar-refractivity contribution in [3.63, 3.8) is 0 Å². The van der Waals surface area contributed by atoms with Crippen molar-refractivity contribution in [3.05, 3.63) is 97.4 Å². The first-order valence-electron chi connectivity index (χ1n) is 9.55. The molecule has 2 N–H and O–H groups in total. The minimum absolute atomic E-state index is 0.0420. The highest BCUT2D eigenvalue weighted by Gasteiger charge is 2.37. The standard InChI is InChI=1S/C22H13ClF5N3O3/c1-31-16(32)8-15(29-20(33)9-4-10(22(26,27)28)6-12(25)5-9)17-18(30-21(34)19(17)31)13-7-11(24)2-3-14(13)23/h2-8,18H,1H3,(H,29,33)(H,30,34). The average molecular weight is 498 g/mol. The lowest BCUT2D eigenvalue weighted by atomic mass is 9.98. The van der Waals surface area contributed by atoms with E-state index in [0.717, 1.165) is 22.8 Å². The molecule has 12 heteroatoms. The molecule has 2 heterocycles. The number of nitrogens with one attached hydrogen (secondary N) is 2. The molecular weight excluding hydrogens is 485 g/mol. The maximum atomic E-state index is 13.9. The van der Waals surface area contributed by atoms with Gasteiger partial charge in [0.2, 0.25) is 0 Å². The number of alkyl halides is 3. The Morgan fingerprint density at radius 1 is 1.06 bits per heavy atom. The van der Waals surface area contributed by atoms with Gasteiger partial charge in [-0.05, 0) is 36.4 Å². The summed E-state index contributed by atoms with van der Waals surface area (Å²) in [5, 5.41) is 4.90. The van der Waals surface area contributed by atoms with Gasteiger partial charge >= 0.3 is 6.18 Å². The number of benzene rings is 2. The molecule has 1 atom stereocenters. The van der Waals surface area contributed by atoms with Crippen molar-refractivity contribution in [3.8, 4) is 0 Å². The van der Waals surface area contributed by atoms with Gasteiger partial charge in [0.1, 0.15) is 17.3 Å². The molecule has 0 radical (unpaired) electrons. The summed E-state index contributed by atoms with van der Waals surface area (Å²) in [4.78, 5) is 37.8. The number of hydrogen-bond acceptors (Lipinski definition) is 3. The molecule has 0 spiro atoms. The number of carbonyl (C=O) groups excluding carboxylic acids is 2. The van der Waals surface area contributed by atoms with Gasteiger partial charge in [-0.15, -0.1) is 0 Å². The second-order valence-corrected chi connectivity index (χ2v) is 7.88. The number of fused-ring (bicyclic) bond motifs is 1. The SMILES string of the molecule is Cn1c2c(c(NC(=O)c3cc(F)cc(C(F)(F)F)c3)cc1=O)C(c1cc(F)ccc1Cl)NC2=O. The zero-order chi connectivity index (χ0) is 24.9. The predicted molar refractivity (Wildman–Crippen MR) is 112 cm³/mol. The highest BCUT2D eigenvalue weighted by atomic mass is 35.5. The molecule has 3 aromatic rings. The second kappa shape index (κ2) is 8.24. The van der Waals surface area contributed by atoms with Crippen LogP contribution in [0.1, 0.15) is 43.6 Å². The van der Waals surface area contributed by atoms with E-state index in [9.17, 15) is 36.3 Å². The molecule has 0 saturated heterocycles. The minimum Gasteiger partial charge on any atom is -0.340 e. The largest absolute Gasteiger partial charge is 0.416 e. The van der Waals surface area contributed by atoms with Gasteiger partial charge in [-0.25, -0.2) is 8.78 Å². The van der Waals surface area contributed by atoms with Gasteiger partial charge in [-0.1, -0.05) is 11.6 Å². The average Bonchev–Trinajstić information content (AvgIpc) is 3.09. The van der Waals surface area contributed by atoms with Crippen LogP contribution < -0.4 is 16.2 Å². The Balaban J connectivity index is 1.84. The maximum absolute atomic E-state index is 13.9. The van der Waals surface area contributed by atoms with Crippen LogP contribution in [0.3, 0.4) is 0 Å². The number of amides is 2. The van der Waals surface area contributed by atoms with Gasteiger partial charge < -0.3 is 15.2 Å². The number of anilines is 1. The number of hydrogen-bond donors (Lipinski definition) is 2. The van der Waals surface area contributed by atoms with Crippen LogP contribution in [-0.4, -0.2) is 16.4 Å². The van der Waals surface area contributed by atoms with E-state index in [1.165, 1.54) is 13.1 Å². The Morgan fingerprint density at radius 3 is 2.44 bits per heavy atom. The van der Waals surface area contributed by atoms with Gasteiger partial charge in [0, 0.05) is 34.8 Å². The molecule has 0 saturated carbocycles. The molecule has 1 aliphatic rings. The number of nitrogens with zero attached hydrogens (tertiary/aromatic N) is 1. The van der Waals surface area contributed by atoms with Crippen molar-refractivity contribution >= 4 is 29.1 Å². The Kier molecular flexibility index (Phi) is 5.68. The highest BCUT2D eigenvalue weighted by molar-refractivity contribution is 6.31. The van der Waals surface area contributed by atoms with Crippen LogP contribution >= 0.6 is 11.6 Å². The van der Waals surface area contributed by atoms with Crippen LogP contribution in [0.4, 0.5) is 27.6 Å². The number of pyridine rings is 1. The molecule has 2 amide bonds. The van der Waals surface area contributed by atoms with E-state index in [-0.39, 0.29) is 33.6 Å². The Morgan fingerprint density at radius 2 is 1.76 bits per heavy atom. The molecule has 2 aromatic carbocycles. The van der Waals surface area contributed by atoms with E-state index in [1.54, 1.807) is 0 Å². The van der Waals surface area contributed by atoms with E-state index < -0.39 is 52.4 Å². The van der Waals surface area contributed by atoms with Crippen molar-refractivity contribution in [1.29, 1.82) is 0 Å². The smallest absolute Gasteiger partial charge is 0.340 e. The fraction of sp³-hybridized carbons (Fsp3) is 0.136. The molecule has 0 aliphatic carbocycles. The summed E-state index contributed by atoms with van der Waals surface area (Å²) in [5.41, 5.74) is -3.00. The first-order chi connectivity index (χ1) is 15.9. The van der Waals surface area contributed by atoms with Gasteiger partial charge in [-0.2, -0.15) is 13.2 Å². The lowest BCUT2D eigenvalue weighted by Gasteiger charge is -2.18. The van der Waals surface area contributed by atoms with Crippen molar-refractivity contribution in [1.82, 2.24) is 9.88 Å². The van der Waals surface area contributed by atoms with E-state index in [2.05, 4.69) is 10.6 Å². The lowest BCUT2D eigenvalue weighted by Crippen LogP contribution is -2.25. The Hall–Kier alpha value is -3.73. The van der Waals surface area contributed by atoms with E-state index in [1.807, 2.05) is 0 Å². The third-order valence-electron chi connectivity index (χ3n) is 5.26. The number of carbonyl (C=O) groups is 2. The molecular formula is C22H13ClF5N3O3. The Bertz CT molecular complexity index is 1420. The molecule has 6 nitrogen and oxygen atoms in total. The van der Waals surface area contributed by atoms with Crippen molar-refractivity contribution < 1.29 is 31.5 Å². The molecule has 1 aromatic heterocycles. The summed E-state index contributed by atoms with van der Waals surface area (Å²) < 4.78 is 67.8. The zero-order valence-corrected chi connectivity index (χ0v) is 17.8. The van der Waals surface area contributed by atoms with E-state index in [4.69, 9.17) is 11.6 Å². The minimum atomic E-state index is -4.91. The Labute approximate surface area is 193 Å². The normalized spacial score (nSPS) is 15.1. The monoisotopic (exact) mass is 497 g/mol. The molecule has 1 unspecified atom stereocenters. The van der Waals surface area contributed by atoms with Crippen molar-refractivity contribution in [2.24, 2.45) is 7.05 Å². The quantitative estimate of drug-likeness (QED) is 0.526. The zero-order valence-electron chi connectivity index (χ0n) is 17.1. The van der Waals surface area contributed by atoms with Crippen molar-refractivity contribution in [2.45, 2.75) is 12.2 Å². The predicted octanol–water partition coefficient (Wildman–Crippen LogP) is 4.42. The molecule has 0 bridgehead atoms. The maximum Gasteiger partial charge on any atom is 0.416 e. The number of rotatable bonds is 3. The fourth-order valence-electron chi connectivity index (χ4n) is 3.71. The van der Waals surface area contributed by atoms with Gasteiger partial charge in [0.15, 0.2) is 0 Å². The van der Waals surface area contributed by atoms with Gasteiger partial charge in [0.05, 0.1) is 17.3 Å². The van der Waals surface area contributed by atoms with E-state index in [0.29, 0.717) is 12.1 Å².